The SMILES string of the molecule is C=C(CC[C@@H](C)[C@H]1CC[C@@]2(O)C3=C(C(=O)C[C@]12C)[C@@]1(C)CCC(=O)[C@@H](C)C1CC3=O)C(C)C(=O)O. The lowest BCUT2D eigenvalue weighted by Crippen LogP contribution is -2.59. The van der Waals surface area contributed by atoms with E-state index in [0.29, 0.717) is 48.8 Å². The van der Waals surface area contributed by atoms with Gasteiger partial charge in [-0.25, -0.2) is 0 Å². The number of Topliss-reactive ketones (excluding diaryl/α,β-unsaturated/α-hetero) is 3. The highest BCUT2D eigenvalue weighted by atomic mass is 16.4. The topological polar surface area (TPSA) is 109 Å². The van der Waals surface area contributed by atoms with Crippen LogP contribution in [0, 0.1) is 40.4 Å². The Bertz CT molecular complexity index is 1040. The average molecular weight is 485 g/mol. The van der Waals surface area contributed by atoms with Crippen LogP contribution in [-0.2, 0) is 19.2 Å². The van der Waals surface area contributed by atoms with Crippen LogP contribution in [0.2, 0.25) is 0 Å². The van der Waals surface area contributed by atoms with Crippen molar-refractivity contribution in [3.05, 3.63) is 23.3 Å². The molecule has 2 fully saturated rings. The van der Waals surface area contributed by atoms with Crippen LogP contribution >= 0.6 is 0 Å². The average Bonchev–Trinajstić information content (AvgIpc) is 3.06. The smallest absolute Gasteiger partial charge is 0.310 e. The lowest BCUT2D eigenvalue weighted by Gasteiger charge is -2.56. The second-order valence-corrected chi connectivity index (χ2v) is 12.4. The zero-order valence-corrected chi connectivity index (χ0v) is 21.8. The van der Waals surface area contributed by atoms with E-state index in [2.05, 4.69) is 13.5 Å². The van der Waals surface area contributed by atoms with E-state index in [-0.39, 0.29) is 53.9 Å². The summed E-state index contributed by atoms with van der Waals surface area (Å²) in [6, 6.07) is 0. The number of carbonyl (C=O) groups excluding carboxylic acids is 3. The highest BCUT2D eigenvalue weighted by Crippen LogP contribution is 2.66. The number of ketones is 3. The zero-order chi connectivity index (χ0) is 26.1. The van der Waals surface area contributed by atoms with E-state index >= 15 is 0 Å². The van der Waals surface area contributed by atoms with Crippen molar-refractivity contribution in [2.24, 2.45) is 40.4 Å². The second kappa shape index (κ2) is 8.50. The zero-order valence-electron chi connectivity index (χ0n) is 21.8. The third-order valence-electron chi connectivity index (χ3n) is 10.7. The number of carboxylic acids is 1. The molecule has 6 nitrogen and oxygen atoms in total. The first kappa shape index (κ1) is 26.0. The minimum Gasteiger partial charge on any atom is -0.481 e. The van der Waals surface area contributed by atoms with Crippen LogP contribution in [-0.4, -0.2) is 39.1 Å². The van der Waals surface area contributed by atoms with Crippen molar-refractivity contribution >= 4 is 23.3 Å². The van der Waals surface area contributed by atoms with Crippen molar-refractivity contribution in [3.63, 3.8) is 0 Å². The number of carbonyl (C=O) groups is 4. The molecule has 8 atom stereocenters. The number of carboxylic acid groups (broad SMARTS) is 1. The predicted molar refractivity (Wildman–Crippen MR) is 131 cm³/mol. The Labute approximate surface area is 208 Å². The van der Waals surface area contributed by atoms with Crippen LogP contribution in [0.15, 0.2) is 23.3 Å². The molecule has 192 valence electrons. The van der Waals surface area contributed by atoms with Crippen molar-refractivity contribution in [1.29, 1.82) is 0 Å². The molecule has 0 saturated heterocycles. The van der Waals surface area contributed by atoms with Crippen molar-refractivity contribution in [1.82, 2.24) is 0 Å². The van der Waals surface area contributed by atoms with Crippen LogP contribution in [0.3, 0.4) is 0 Å². The number of fused-ring (bicyclic) bond motifs is 4. The van der Waals surface area contributed by atoms with Gasteiger partial charge in [-0.15, -0.1) is 0 Å². The van der Waals surface area contributed by atoms with Gasteiger partial charge in [0.2, 0.25) is 0 Å². The minimum atomic E-state index is -1.35. The molecule has 0 amide bonds. The van der Waals surface area contributed by atoms with Gasteiger partial charge in [0.25, 0.3) is 0 Å². The summed E-state index contributed by atoms with van der Waals surface area (Å²) < 4.78 is 0. The van der Waals surface area contributed by atoms with Gasteiger partial charge in [-0.2, -0.15) is 0 Å². The molecule has 0 aromatic carbocycles. The fourth-order valence-corrected chi connectivity index (χ4v) is 8.21. The maximum absolute atomic E-state index is 13.8. The van der Waals surface area contributed by atoms with Gasteiger partial charge in [0.15, 0.2) is 11.6 Å². The minimum absolute atomic E-state index is 0.0311. The Balaban J connectivity index is 1.67. The molecular weight excluding hydrogens is 444 g/mol. The molecule has 2 N–H and O–H groups in total. The molecule has 4 aliphatic carbocycles. The van der Waals surface area contributed by atoms with Gasteiger partial charge >= 0.3 is 5.97 Å². The molecule has 4 rings (SSSR count). The Hall–Kier alpha value is -2.08. The standard InChI is InChI=1S/C29H40O6/c1-15(17(3)26(33)34)7-8-16(2)19-9-12-29(35)25-22(31)13-20-18(4)21(30)10-11-27(20,5)24(25)23(32)14-28(19,29)6/h16-20,35H,1,7-14H2,2-6H3,(H,33,34)/t16-,17?,18+,19-,20?,27+,28-,29-/m1/s1. The summed E-state index contributed by atoms with van der Waals surface area (Å²) in [6.07, 6.45) is 3.81. The molecule has 6 heteroatoms. The maximum atomic E-state index is 13.8. The number of allylic oxidation sites excluding steroid dienone is 1. The van der Waals surface area contributed by atoms with E-state index in [1.165, 1.54) is 0 Å². The largest absolute Gasteiger partial charge is 0.481 e. The molecule has 35 heavy (non-hydrogen) atoms. The van der Waals surface area contributed by atoms with Gasteiger partial charge in [-0.3, -0.25) is 19.2 Å². The molecule has 0 aromatic heterocycles. The summed E-state index contributed by atoms with van der Waals surface area (Å²) in [6.45, 7) is 13.6. The molecule has 2 unspecified atom stereocenters. The van der Waals surface area contributed by atoms with Crippen LogP contribution in [0.1, 0.15) is 86.0 Å². The summed E-state index contributed by atoms with van der Waals surface area (Å²) in [4.78, 5) is 51.2. The molecule has 2 saturated carbocycles. The van der Waals surface area contributed by atoms with Crippen molar-refractivity contribution in [2.45, 2.75) is 91.6 Å². The van der Waals surface area contributed by atoms with Gasteiger partial charge in [0, 0.05) is 47.2 Å². The van der Waals surface area contributed by atoms with Crippen LogP contribution < -0.4 is 0 Å². The molecule has 0 heterocycles. The summed E-state index contributed by atoms with van der Waals surface area (Å²) in [5, 5.41) is 21.5. The molecule has 0 aliphatic heterocycles. The monoisotopic (exact) mass is 484 g/mol. The third kappa shape index (κ3) is 3.61. The van der Waals surface area contributed by atoms with E-state index in [1.54, 1.807) is 6.92 Å². The lowest BCUT2D eigenvalue weighted by atomic mass is 9.47. The van der Waals surface area contributed by atoms with Crippen LogP contribution in [0.4, 0.5) is 0 Å². The van der Waals surface area contributed by atoms with Gasteiger partial charge in [0.1, 0.15) is 5.78 Å². The Kier molecular flexibility index (Phi) is 6.31. The molecule has 0 spiro atoms. The summed E-state index contributed by atoms with van der Waals surface area (Å²) >= 11 is 0. The Morgan fingerprint density at radius 2 is 1.77 bits per heavy atom. The normalized spacial score (nSPS) is 40.6. The third-order valence-corrected chi connectivity index (χ3v) is 10.7. The molecule has 0 radical (unpaired) electrons. The Morgan fingerprint density at radius 3 is 2.40 bits per heavy atom. The summed E-state index contributed by atoms with van der Waals surface area (Å²) in [5.74, 6) is -1.83. The number of rotatable bonds is 6. The highest BCUT2D eigenvalue weighted by molar-refractivity contribution is 6.12. The van der Waals surface area contributed by atoms with Gasteiger partial charge in [0.05, 0.1) is 11.5 Å². The van der Waals surface area contributed by atoms with E-state index in [1.807, 2.05) is 20.8 Å². The first-order valence-corrected chi connectivity index (χ1v) is 13.2. The number of aliphatic carboxylic acids is 1. The highest BCUT2D eigenvalue weighted by Gasteiger charge is 2.67. The van der Waals surface area contributed by atoms with E-state index in [4.69, 9.17) is 0 Å². The van der Waals surface area contributed by atoms with Crippen molar-refractivity contribution in [3.8, 4) is 0 Å². The van der Waals surface area contributed by atoms with E-state index < -0.39 is 28.3 Å². The quantitative estimate of drug-likeness (QED) is 0.530. The van der Waals surface area contributed by atoms with Crippen LogP contribution in [0.5, 0.6) is 0 Å². The molecule has 0 aromatic rings. The van der Waals surface area contributed by atoms with Crippen LogP contribution in [0.25, 0.3) is 0 Å². The first-order valence-electron chi connectivity index (χ1n) is 13.2. The number of aliphatic hydroxyl groups is 1. The van der Waals surface area contributed by atoms with Gasteiger partial charge in [-0.1, -0.05) is 39.8 Å². The van der Waals surface area contributed by atoms with Crippen molar-refractivity contribution < 1.29 is 29.4 Å². The van der Waals surface area contributed by atoms with Gasteiger partial charge < -0.3 is 10.2 Å². The van der Waals surface area contributed by atoms with Crippen molar-refractivity contribution in [2.75, 3.05) is 0 Å². The molecule has 4 aliphatic rings. The van der Waals surface area contributed by atoms with E-state index in [9.17, 15) is 29.4 Å². The van der Waals surface area contributed by atoms with Gasteiger partial charge in [-0.05, 0) is 56.8 Å². The summed E-state index contributed by atoms with van der Waals surface area (Å²) in [5.41, 5.74) is -1.13. The summed E-state index contributed by atoms with van der Waals surface area (Å²) in [7, 11) is 0. The lowest BCUT2D eigenvalue weighted by molar-refractivity contribution is -0.144. The fourth-order valence-electron chi connectivity index (χ4n) is 8.21. The number of hydrogen-bond acceptors (Lipinski definition) is 5. The molecule has 0 bridgehead atoms. The first-order chi connectivity index (χ1) is 16.2. The number of hydrogen-bond donors (Lipinski definition) is 2. The van der Waals surface area contributed by atoms with E-state index in [0.717, 1.165) is 6.42 Å². The molecular formula is C29H40O6. The Morgan fingerprint density at radius 1 is 1.11 bits per heavy atom. The second-order valence-electron chi connectivity index (χ2n) is 12.4. The predicted octanol–water partition coefficient (Wildman–Crippen LogP) is 4.69. The maximum Gasteiger partial charge on any atom is 0.310 e. The fraction of sp³-hybridized carbons (Fsp3) is 0.724.